The summed E-state index contributed by atoms with van der Waals surface area (Å²) >= 11 is 0. The summed E-state index contributed by atoms with van der Waals surface area (Å²) in [7, 11) is 0. The van der Waals surface area contributed by atoms with Crippen molar-refractivity contribution in [2.45, 2.75) is 0 Å². The Kier molecular flexibility index (Phi) is 3.95. The van der Waals surface area contributed by atoms with Crippen LogP contribution in [0, 0.1) is 0 Å². The fraction of sp³-hybridized carbons (Fsp3) is 0. The second-order valence-electron chi connectivity index (χ2n) is 4.03. The number of carbonyl (C=O) groups is 1. The van der Waals surface area contributed by atoms with Crippen molar-refractivity contribution >= 4 is 23.8 Å². The first kappa shape index (κ1) is 12.9. The Morgan fingerprint density at radius 1 is 0.947 bits per heavy atom. The Hall–Kier alpha value is -2.59. The monoisotopic (exact) mass is 254 g/mol. The topological polar surface area (TPSA) is 75.3 Å². The molecule has 0 heterocycles. The van der Waals surface area contributed by atoms with Gasteiger partial charge in [-0.2, -0.15) is 0 Å². The molecule has 4 N–H and O–H groups in total. The number of rotatable bonds is 4. The summed E-state index contributed by atoms with van der Waals surface area (Å²) in [6.07, 6.45) is 3.88. The molecule has 0 aliphatic heterocycles. The number of nitrogens with one attached hydrogen (secondary N) is 1. The predicted molar refractivity (Wildman–Crippen MR) is 76.6 cm³/mol. The summed E-state index contributed by atoms with van der Waals surface area (Å²) in [5.74, 6) is 4.37. The molecule has 2 aromatic carbocycles. The lowest BCUT2D eigenvalue weighted by molar-refractivity contribution is 0.0697. The van der Waals surface area contributed by atoms with E-state index in [-0.39, 0.29) is 5.56 Å². The molecule has 0 saturated carbocycles. The SMILES string of the molecule is NNc1ccc(C=Cc2ccc(C(=O)O)cc2)cc1. The molecule has 0 saturated heterocycles. The van der Waals surface area contributed by atoms with E-state index in [2.05, 4.69) is 5.43 Å². The molecule has 0 fully saturated rings. The van der Waals surface area contributed by atoms with Crippen molar-refractivity contribution in [3.8, 4) is 0 Å². The molecule has 0 radical (unpaired) electrons. The minimum atomic E-state index is -0.916. The van der Waals surface area contributed by atoms with E-state index in [0.717, 1.165) is 16.8 Å². The molecule has 0 amide bonds. The van der Waals surface area contributed by atoms with Gasteiger partial charge in [-0.05, 0) is 35.4 Å². The minimum absolute atomic E-state index is 0.288. The third kappa shape index (κ3) is 3.43. The fourth-order valence-electron chi connectivity index (χ4n) is 1.62. The summed E-state index contributed by atoms with van der Waals surface area (Å²) in [4.78, 5) is 10.7. The Morgan fingerprint density at radius 2 is 1.42 bits per heavy atom. The van der Waals surface area contributed by atoms with Crippen LogP contribution in [-0.4, -0.2) is 11.1 Å². The number of hydrogen-bond donors (Lipinski definition) is 3. The van der Waals surface area contributed by atoms with E-state index < -0.39 is 5.97 Å². The van der Waals surface area contributed by atoms with Crippen molar-refractivity contribution in [3.63, 3.8) is 0 Å². The van der Waals surface area contributed by atoms with E-state index in [4.69, 9.17) is 10.9 Å². The van der Waals surface area contributed by atoms with E-state index in [1.54, 1.807) is 24.3 Å². The van der Waals surface area contributed by atoms with E-state index >= 15 is 0 Å². The molecule has 0 bridgehead atoms. The van der Waals surface area contributed by atoms with Gasteiger partial charge in [-0.15, -0.1) is 0 Å². The number of hydrogen-bond acceptors (Lipinski definition) is 3. The van der Waals surface area contributed by atoms with Crippen molar-refractivity contribution in [2.24, 2.45) is 5.84 Å². The van der Waals surface area contributed by atoms with Crippen LogP contribution in [0.25, 0.3) is 12.2 Å². The number of nitrogens with two attached hydrogens (primary N) is 1. The fourth-order valence-corrected chi connectivity index (χ4v) is 1.62. The third-order valence-corrected chi connectivity index (χ3v) is 2.70. The van der Waals surface area contributed by atoms with E-state index in [9.17, 15) is 4.79 Å². The molecule has 2 rings (SSSR count). The van der Waals surface area contributed by atoms with Crippen LogP contribution in [-0.2, 0) is 0 Å². The molecule has 0 aliphatic carbocycles. The van der Waals surface area contributed by atoms with E-state index in [1.807, 2.05) is 36.4 Å². The van der Waals surface area contributed by atoms with Crippen molar-refractivity contribution in [3.05, 3.63) is 65.2 Å². The maximum atomic E-state index is 10.7. The zero-order chi connectivity index (χ0) is 13.7. The van der Waals surface area contributed by atoms with Crippen molar-refractivity contribution in [2.75, 3.05) is 5.43 Å². The largest absolute Gasteiger partial charge is 0.478 e. The van der Waals surface area contributed by atoms with Crippen LogP contribution in [0.3, 0.4) is 0 Å². The number of aromatic carboxylic acids is 1. The molecular formula is C15H14N2O2. The lowest BCUT2D eigenvalue weighted by atomic mass is 10.1. The van der Waals surface area contributed by atoms with Gasteiger partial charge in [0.1, 0.15) is 0 Å². The lowest BCUT2D eigenvalue weighted by Crippen LogP contribution is -2.05. The number of hydrazine groups is 1. The van der Waals surface area contributed by atoms with Crippen molar-refractivity contribution < 1.29 is 9.90 Å². The highest BCUT2D eigenvalue weighted by Crippen LogP contribution is 2.12. The Morgan fingerprint density at radius 3 is 1.84 bits per heavy atom. The number of anilines is 1. The Labute approximate surface area is 111 Å². The number of nitrogen functional groups attached to an aromatic ring is 1. The molecule has 0 unspecified atom stereocenters. The molecule has 4 heteroatoms. The summed E-state index contributed by atoms with van der Waals surface area (Å²) in [6.45, 7) is 0. The van der Waals surface area contributed by atoms with Gasteiger partial charge in [-0.1, -0.05) is 36.4 Å². The first-order chi connectivity index (χ1) is 9.19. The Balaban J connectivity index is 2.10. The van der Waals surface area contributed by atoms with Crippen LogP contribution in [0.4, 0.5) is 5.69 Å². The van der Waals surface area contributed by atoms with Gasteiger partial charge >= 0.3 is 5.97 Å². The van der Waals surface area contributed by atoms with Crippen LogP contribution >= 0.6 is 0 Å². The van der Waals surface area contributed by atoms with Gasteiger partial charge in [0.05, 0.1) is 5.56 Å². The molecular weight excluding hydrogens is 240 g/mol. The quantitative estimate of drug-likeness (QED) is 0.445. The van der Waals surface area contributed by atoms with Gasteiger partial charge in [-0.25, -0.2) is 4.79 Å². The van der Waals surface area contributed by atoms with Crippen LogP contribution < -0.4 is 11.3 Å². The zero-order valence-electron chi connectivity index (χ0n) is 10.2. The molecule has 19 heavy (non-hydrogen) atoms. The summed E-state index contributed by atoms with van der Waals surface area (Å²) in [5, 5.41) is 8.80. The molecule has 0 aromatic heterocycles. The highest BCUT2D eigenvalue weighted by Gasteiger charge is 1.99. The average molecular weight is 254 g/mol. The second-order valence-corrected chi connectivity index (χ2v) is 4.03. The zero-order valence-corrected chi connectivity index (χ0v) is 10.2. The smallest absolute Gasteiger partial charge is 0.335 e. The molecule has 2 aromatic rings. The first-order valence-electron chi connectivity index (χ1n) is 5.77. The van der Waals surface area contributed by atoms with Crippen molar-refractivity contribution in [1.29, 1.82) is 0 Å². The number of carboxylic acid groups (broad SMARTS) is 1. The minimum Gasteiger partial charge on any atom is -0.478 e. The van der Waals surface area contributed by atoms with Crippen LogP contribution in [0.2, 0.25) is 0 Å². The summed E-state index contributed by atoms with van der Waals surface area (Å²) in [6, 6.07) is 14.4. The molecule has 4 nitrogen and oxygen atoms in total. The predicted octanol–water partition coefficient (Wildman–Crippen LogP) is 2.84. The highest BCUT2D eigenvalue weighted by molar-refractivity contribution is 5.88. The molecule has 96 valence electrons. The maximum Gasteiger partial charge on any atom is 0.335 e. The van der Waals surface area contributed by atoms with E-state index in [1.165, 1.54) is 0 Å². The van der Waals surface area contributed by atoms with Gasteiger partial charge < -0.3 is 10.5 Å². The van der Waals surface area contributed by atoms with Crippen LogP contribution in [0.15, 0.2) is 48.5 Å². The summed E-state index contributed by atoms with van der Waals surface area (Å²) in [5.41, 5.74) is 5.70. The summed E-state index contributed by atoms with van der Waals surface area (Å²) < 4.78 is 0. The van der Waals surface area contributed by atoms with Crippen LogP contribution in [0.1, 0.15) is 21.5 Å². The highest BCUT2D eigenvalue weighted by atomic mass is 16.4. The number of carboxylic acids is 1. The van der Waals surface area contributed by atoms with Gasteiger partial charge in [0.15, 0.2) is 0 Å². The molecule has 0 spiro atoms. The lowest BCUT2D eigenvalue weighted by Gasteiger charge is -1.99. The third-order valence-electron chi connectivity index (χ3n) is 2.70. The van der Waals surface area contributed by atoms with E-state index in [0.29, 0.717) is 0 Å². The molecule has 0 atom stereocenters. The molecule has 0 aliphatic rings. The first-order valence-corrected chi connectivity index (χ1v) is 5.77. The normalized spacial score (nSPS) is 10.6. The van der Waals surface area contributed by atoms with Crippen LogP contribution in [0.5, 0.6) is 0 Å². The number of benzene rings is 2. The Bertz CT molecular complexity index is 587. The second kappa shape index (κ2) is 5.84. The van der Waals surface area contributed by atoms with Gasteiger partial charge in [0, 0.05) is 5.69 Å². The maximum absolute atomic E-state index is 10.7. The average Bonchev–Trinajstić information content (AvgIpc) is 2.46. The van der Waals surface area contributed by atoms with Gasteiger partial charge in [-0.3, -0.25) is 5.84 Å². The van der Waals surface area contributed by atoms with Crippen molar-refractivity contribution in [1.82, 2.24) is 0 Å². The van der Waals surface area contributed by atoms with Gasteiger partial charge in [0.25, 0.3) is 0 Å². The van der Waals surface area contributed by atoms with Gasteiger partial charge in [0.2, 0.25) is 0 Å². The standard InChI is InChI=1S/C15H14N2O2/c16-17-14-9-5-12(6-10-14)2-1-11-3-7-13(8-4-11)15(18)19/h1-10,17H,16H2,(H,18,19).